The third-order valence-corrected chi connectivity index (χ3v) is 8.00. The van der Waals surface area contributed by atoms with Crippen LogP contribution in [0.4, 0.5) is 0 Å². The Balaban J connectivity index is 1.51. The highest BCUT2D eigenvalue weighted by Crippen LogP contribution is 2.40. The van der Waals surface area contributed by atoms with Crippen LogP contribution in [0.3, 0.4) is 0 Å². The third-order valence-electron chi connectivity index (χ3n) is 6.25. The van der Waals surface area contributed by atoms with Gasteiger partial charge in [-0.1, -0.05) is 12.8 Å². The number of hydrazone groups is 1. The molecule has 2 saturated heterocycles. The number of sulfone groups is 1. The van der Waals surface area contributed by atoms with Crippen LogP contribution >= 0.6 is 0 Å². The first-order chi connectivity index (χ1) is 12.9. The summed E-state index contributed by atoms with van der Waals surface area (Å²) < 4.78 is 29.3. The topological polar surface area (TPSA) is 96.3 Å². The zero-order valence-electron chi connectivity index (χ0n) is 15.6. The predicted molar refractivity (Wildman–Crippen MR) is 98.9 cm³/mol. The van der Waals surface area contributed by atoms with E-state index >= 15 is 0 Å². The van der Waals surface area contributed by atoms with Gasteiger partial charge in [0.15, 0.2) is 9.84 Å². The molecule has 1 spiro atoms. The van der Waals surface area contributed by atoms with Gasteiger partial charge in [0.1, 0.15) is 5.71 Å². The standard InChI is InChI=1S/C18H27N3O5S/c22-16-4-3-15(19-21(16)14-5-10-27(24,25)11-14)17(23)20-8-9-26-13-18(12-20)6-1-2-7-18/h14H,1-13H2/t14-/m0/s1. The van der Waals surface area contributed by atoms with Gasteiger partial charge in [0.05, 0.1) is 30.8 Å². The molecule has 0 unspecified atom stereocenters. The summed E-state index contributed by atoms with van der Waals surface area (Å²) in [4.78, 5) is 27.2. The van der Waals surface area contributed by atoms with Gasteiger partial charge in [0.2, 0.25) is 5.91 Å². The molecule has 3 heterocycles. The number of ether oxygens (including phenoxy) is 1. The van der Waals surface area contributed by atoms with Crippen molar-refractivity contribution in [2.45, 2.75) is 51.0 Å². The average Bonchev–Trinajstić information content (AvgIpc) is 3.17. The number of hydrogen-bond donors (Lipinski definition) is 0. The summed E-state index contributed by atoms with van der Waals surface area (Å²) in [5.74, 6) is -0.318. The fourth-order valence-electron chi connectivity index (χ4n) is 4.76. The molecule has 0 radical (unpaired) electrons. The van der Waals surface area contributed by atoms with Crippen molar-refractivity contribution < 1.29 is 22.7 Å². The molecule has 1 saturated carbocycles. The molecule has 0 aromatic rings. The zero-order chi connectivity index (χ0) is 19.1. The third kappa shape index (κ3) is 3.89. The monoisotopic (exact) mass is 397 g/mol. The van der Waals surface area contributed by atoms with Crippen molar-refractivity contribution in [1.29, 1.82) is 0 Å². The van der Waals surface area contributed by atoms with E-state index in [1.807, 2.05) is 4.90 Å². The van der Waals surface area contributed by atoms with Gasteiger partial charge in [-0.05, 0) is 19.3 Å². The van der Waals surface area contributed by atoms with E-state index in [0.29, 0.717) is 44.9 Å². The van der Waals surface area contributed by atoms with Crippen LogP contribution in [0.25, 0.3) is 0 Å². The van der Waals surface area contributed by atoms with Crippen LogP contribution in [0.1, 0.15) is 44.9 Å². The molecule has 8 nitrogen and oxygen atoms in total. The van der Waals surface area contributed by atoms with Gasteiger partial charge in [-0.3, -0.25) is 9.59 Å². The largest absolute Gasteiger partial charge is 0.379 e. The van der Waals surface area contributed by atoms with Gasteiger partial charge in [0.25, 0.3) is 5.91 Å². The molecular weight excluding hydrogens is 370 g/mol. The molecule has 3 fully saturated rings. The van der Waals surface area contributed by atoms with E-state index in [1.165, 1.54) is 17.9 Å². The molecule has 0 aromatic carbocycles. The van der Waals surface area contributed by atoms with Gasteiger partial charge in [0, 0.05) is 31.3 Å². The smallest absolute Gasteiger partial charge is 0.270 e. The van der Waals surface area contributed by atoms with Gasteiger partial charge in [-0.25, -0.2) is 13.4 Å². The Morgan fingerprint density at radius 2 is 2.00 bits per heavy atom. The number of hydrogen-bond acceptors (Lipinski definition) is 6. The first-order valence-electron chi connectivity index (χ1n) is 9.85. The Hall–Kier alpha value is -1.48. The van der Waals surface area contributed by atoms with Crippen molar-refractivity contribution in [2.75, 3.05) is 37.8 Å². The number of carbonyl (C=O) groups is 2. The first-order valence-corrected chi connectivity index (χ1v) is 11.7. The van der Waals surface area contributed by atoms with E-state index in [0.717, 1.165) is 12.8 Å². The van der Waals surface area contributed by atoms with Crippen LogP contribution < -0.4 is 0 Å². The van der Waals surface area contributed by atoms with Crippen LogP contribution in [0.5, 0.6) is 0 Å². The number of rotatable bonds is 2. The van der Waals surface area contributed by atoms with E-state index in [2.05, 4.69) is 5.10 Å². The summed E-state index contributed by atoms with van der Waals surface area (Å²) in [6, 6.07) is -0.445. The second kappa shape index (κ2) is 7.16. The summed E-state index contributed by atoms with van der Waals surface area (Å²) in [7, 11) is -3.12. The highest BCUT2D eigenvalue weighted by atomic mass is 32.2. The number of amides is 2. The maximum atomic E-state index is 13.1. The summed E-state index contributed by atoms with van der Waals surface area (Å²) in [5, 5.41) is 5.60. The second-order valence-corrected chi connectivity index (χ2v) is 10.6. The minimum atomic E-state index is -3.12. The Labute approximate surface area is 159 Å². The molecule has 0 bridgehead atoms. The van der Waals surface area contributed by atoms with Crippen molar-refractivity contribution in [3.8, 4) is 0 Å². The molecule has 0 N–H and O–H groups in total. The predicted octanol–water partition coefficient (Wildman–Crippen LogP) is 0.571. The number of nitrogens with zero attached hydrogens (tertiary/aromatic N) is 3. The van der Waals surface area contributed by atoms with E-state index in [9.17, 15) is 18.0 Å². The molecule has 1 atom stereocenters. The van der Waals surface area contributed by atoms with Gasteiger partial charge in [-0.15, -0.1) is 0 Å². The lowest BCUT2D eigenvalue weighted by Gasteiger charge is -2.33. The fraction of sp³-hybridized carbons (Fsp3) is 0.833. The van der Waals surface area contributed by atoms with Crippen molar-refractivity contribution in [3.05, 3.63) is 0 Å². The lowest BCUT2D eigenvalue weighted by Crippen LogP contribution is -2.47. The minimum absolute atomic E-state index is 0.0520. The summed E-state index contributed by atoms with van der Waals surface area (Å²) in [6.07, 6.45) is 5.41. The van der Waals surface area contributed by atoms with E-state index in [4.69, 9.17) is 4.74 Å². The van der Waals surface area contributed by atoms with Crippen molar-refractivity contribution in [3.63, 3.8) is 0 Å². The van der Waals surface area contributed by atoms with Crippen LogP contribution in [0.15, 0.2) is 5.10 Å². The SMILES string of the molecule is O=C(C1=NN([C@H]2CCS(=O)(=O)C2)C(=O)CC1)N1CCOCC2(CCCC2)C1. The van der Waals surface area contributed by atoms with Crippen LogP contribution in [-0.4, -0.2) is 79.7 Å². The van der Waals surface area contributed by atoms with Crippen molar-refractivity contribution in [2.24, 2.45) is 10.5 Å². The molecule has 27 heavy (non-hydrogen) atoms. The summed E-state index contributed by atoms with van der Waals surface area (Å²) in [6.45, 7) is 2.43. The molecule has 150 valence electrons. The van der Waals surface area contributed by atoms with E-state index in [1.54, 1.807) is 0 Å². The molecule has 2 amide bonds. The maximum absolute atomic E-state index is 13.1. The van der Waals surface area contributed by atoms with Gasteiger partial charge < -0.3 is 9.64 Å². The molecule has 0 aromatic heterocycles. The first kappa shape index (κ1) is 18.9. The Kier molecular flexibility index (Phi) is 5.00. The van der Waals surface area contributed by atoms with Crippen LogP contribution in [0.2, 0.25) is 0 Å². The average molecular weight is 397 g/mol. The molecule has 1 aliphatic carbocycles. The minimum Gasteiger partial charge on any atom is -0.379 e. The van der Waals surface area contributed by atoms with Gasteiger partial charge in [-0.2, -0.15) is 5.10 Å². The lowest BCUT2D eigenvalue weighted by atomic mass is 9.86. The van der Waals surface area contributed by atoms with Crippen LogP contribution in [0, 0.1) is 5.41 Å². The second-order valence-electron chi connectivity index (χ2n) is 8.33. The summed E-state index contributed by atoms with van der Waals surface area (Å²) in [5.41, 5.74) is 0.421. The van der Waals surface area contributed by atoms with Gasteiger partial charge >= 0.3 is 0 Å². The Morgan fingerprint density at radius 3 is 2.70 bits per heavy atom. The quantitative estimate of drug-likeness (QED) is 0.679. The molecule has 4 aliphatic rings. The zero-order valence-corrected chi connectivity index (χ0v) is 16.4. The molecule has 9 heteroatoms. The normalized spacial score (nSPS) is 30.4. The van der Waals surface area contributed by atoms with E-state index < -0.39 is 15.9 Å². The molecule has 4 rings (SSSR count). The lowest BCUT2D eigenvalue weighted by molar-refractivity contribution is -0.134. The van der Waals surface area contributed by atoms with Crippen molar-refractivity contribution in [1.82, 2.24) is 9.91 Å². The van der Waals surface area contributed by atoms with Crippen molar-refractivity contribution >= 4 is 27.4 Å². The maximum Gasteiger partial charge on any atom is 0.270 e. The Morgan fingerprint density at radius 1 is 1.22 bits per heavy atom. The highest BCUT2D eigenvalue weighted by molar-refractivity contribution is 7.91. The summed E-state index contributed by atoms with van der Waals surface area (Å²) >= 11 is 0. The highest BCUT2D eigenvalue weighted by Gasteiger charge is 2.41. The molecular formula is C18H27N3O5S. The fourth-order valence-corrected chi connectivity index (χ4v) is 6.45. The van der Waals surface area contributed by atoms with E-state index in [-0.39, 0.29) is 35.2 Å². The molecule has 3 aliphatic heterocycles. The Bertz CT molecular complexity index is 757. The number of carbonyl (C=O) groups excluding carboxylic acids is 2. The van der Waals surface area contributed by atoms with Crippen LogP contribution in [-0.2, 0) is 24.2 Å².